The molecule has 2 unspecified atom stereocenters. The van der Waals surface area contributed by atoms with Crippen LogP contribution in [-0.4, -0.2) is 36.1 Å². The quantitative estimate of drug-likeness (QED) is 0.908. The lowest BCUT2D eigenvalue weighted by molar-refractivity contribution is -0.130. The van der Waals surface area contributed by atoms with Gasteiger partial charge in [-0.15, -0.1) is 0 Å². The van der Waals surface area contributed by atoms with Gasteiger partial charge in [-0.3, -0.25) is 14.7 Å². The summed E-state index contributed by atoms with van der Waals surface area (Å²) in [7, 11) is 1.66. The van der Waals surface area contributed by atoms with Crippen LogP contribution in [0.2, 0.25) is 0 Å². The molecular weight excluding hydrogens is 300 g/mol. The molecule has 0 fully saturated rings. The maximum atomic E-state index is 12.6. The van der Waals surface area contributed by atoms with Crippen molar-refractivity contribution in [1.29, 1.82) is 0 Å². The fraction of sp³-hybridized carbons (Fsp3) is 0.316. The summed E-state index contributed by atoms with van der Waals surface area (Å²) in [5.41, 5.74) is 9.41. The second-order valence-electron chi connectivity index (χ2n) is 6.65. The second kappa shape index (κ2) is 5.16. The normalized spacial score (nSPS) is 28.6. The van der Waals surface area contributed by atoms with Crippen LogP contribution in [0.3, 0.4) is 0 Å². The minimum Gasteiger partial charge on any atom is -0.369 e. The van der Waals surface area contributed by atoms with E-state index in [0.717, 1.165) is 24.0 Å². The number of nitrogens with zero attached hydrogens (tertiary/aromatic N) is 3. The van der Waals surface area contributed by atoms with Crippen LogP contribution in [-0.2, 0) is 10.3 Å². The summed E-state index contributed by atoms with van der Waals surface area (Å²) in [5.74, 6) is 0.162. The zero-order chi connectivity index (χ0) is 16.9. The summed E-state index contributed by atoms with van der Waals surface area (Å²) in [4.78, 5) is 22.9. The number of allylic oxidation sites excluding steroid dienone is 2. The van der Waals surface area contributed by atoms with E-state index in [2.05, 4.69) is 28.2 Å². The molecule has 122 valence electrons. The third kappa shape index (κ3) is 2.12. The highest BCUT2D eigenvalue weighted by atomic mass is 16.2. The first kappa shape index (κ1) is 14.9. The van der Waals surface area contributed by atoms with Crippen molar-refractivity contribution in [1.82, 2.24) is 4.90 Å². The highest BCUT2D eigenvalue weighted by Crippen LogP contribution is 2.35. The van der Waals surface area contributed by atoms with Gasteiger partial charge < -0.3 is 5.73 Å². The zero-order valence-electron chi connectivity index (χ0n) is 13.9. The van der Waals surface area contributed by atoms with Crippen molar-refractivity contribution in [2.75, 3.05) is 7.05 Å². The molecule has 0 bridgehead atoms. The molecule has 1 aromatic rings. The number of nitrogens with two attached hydrogens (primary N) is 1. The Hall–Kier alpha value is -2.69. The Morgan fingerprint density at radius 2 is 2.21 bits per heavy atom. The molecule has 2 heterocycles. The third-order valence-corrected chi connectivity index (χ3v) is 5.10. The Morgan fingerprint density at radius 3 is 2.96 bits per heavy atom. The topological polar surface area (TPSA) is 71.0 Å². The van der Waals surface area contributed by atoms with Crippen LogP contribution in [0, 0.1) is 0 Å². The fourth-order valence-electron chi connectivity index (χ4n) is 3.56. The average molecular weight is 320 g/mol. The molecule has 0 aromatic heterocycles. The van der Waals surface area contributed by atoms with Crippen LogP contribution in [0.4, 0.5) is 0 Å². The van der Waals surface area contributed by atoms with Gasteiger partial charge in [-0.2, -0.15) is 0 Å². The van der Waals surface area contributed by atoms with Gasteiger partial charge in [-0.25, -0.2) is 4.99 Å². The number of aliphatic imine (C=N–C) groups is 2. The lowest BCUT2D eigenvalue weighted by Gasteiger charge is -2.22. The van der Waals surface area contributed by atoms with Crippen molar-refractivity contribution in [2.45, 2.75) is 31.3 Å². The van der Waals surface area contributed by atoms with E-state index in [1.807, 2.05) is 31.3 Å². The van der Waals surface area contributed by atoms with E-state index in [0.29, 0.717) is 6.04 Å². The van der Waals surface area contributed by atoms with E-state index in [9.17, 15) is 4.79 Å². The Kier molecular flexibility index (Phi) is 3.20. The SMILES string of the molecule is CN1C(=O)C(C)(c2cccc(C3=CCC4N=CCC4=C3)c2)N=C1N. The second-order valence-corrected chi connectivity index (χ2v) is 6.65. The van der Waals surface area contributed by atoms with Crippen LogP contribution in [0.25, 0.3) is 5.57 Å². The van der Waals surface area contributed by atoms with Gasteiger partial charge in [-0.1, -0.05) is 30.4 Å². The number of hydrogen-bond donors (Lipinski definition) is 1. The predicted molar refractivity (Wildman–Crippen MR) is 95.8 cm³/mol. The van der Waals surface area contributed by atoms with Gasteiger partial charge in [0.05, 0.1) is 6.04 Å². The summed E-state index contributed by atoms with van der Waals surface area (Å²) < 4.78 is 0. The average Bonchev–Trinajstić information content (AvgIpc) is 3.14. The van der Waals surface area contributed by atoms with Crippen LogP contribution in [0.5, 0.6) is 0 Å². The number of carbonyl (C=O) groups excluding carboxylic acids is 1. The molecule has 4 rings (SSSR count). The van der Waals surface area contributed by atoms with Gasteiger partial charge in [-0.05, 0) is 41.7 Å². The van der Waals surface area contributed by atoms with Gasteiger partial charge in [0.15, 0.2) is 11.5 Å². The molecular formula is C19H20N4O. The molecule has 1 amide bonds. The van der Waals surface area contributed by atoms with Gasteiger partial charge in [0.25, 0.3) is 5.91 Å². The maximum absolute atomic E-state index is 12.6. The number of fused-ring (bicyclic) bond motifs is 1. The fourth-order valence-corrected chi connectivity index (χ4v) is 3.56. The molecule has 24 heavy (non-hydrogen) atoms. The highest BCUT2D eigenvalue weighted by molar-refractivity contribution is 6.06. The number of likely N-dealkylation sites (N-methyl/N-ethyl adjacent to an activating group) is 1. The Bertz CT molecular complexity index is 849. The molecule has 2 aliphatic heterocycles. The van der Waals surface area contributed by atoms with Crippen molar-refractivity contribution in [3.05, 3.63) is 53.1 Å². The molecule has 3 aliphatic rings. The number of guanidine groups is 1. The molecule has 0 spiro atoms. The molecule has 2 N–H and O–H groups in total. The van der Waals surface area contributed by atoms with Crippen molar-refractivity contribution >= 4 is 23.7 Å². The summed E-state index contributed by atoms with van der Waals surface area (Å²) in [6, 6.07) is 8.36. The first-order chi connectivity index (χ1) is 11.5. The summed E-state index contributed by atoms with van der Waals surface area (Å²) in [6.07, 6.45) is 8.31. The predicted octanol–water partition coefficient (Wildman–Crippen LogP) is 2.25. The Labute approximate surface area is 141 Å². The summed E-state index contributed by atoms with van der Waals surface area (Å²) in [6.45, 7) is 1.82. The lowest BCUT2D eigenvalue weighted by Crippen LogP contribution is -2.38. The zero-order valence-corrected chi connectivity index (χ0v) is 13.9. The van der Waals surface area contributed by atoms with Gasteiger partial charge >= 0.3 is 0 Å². The number of benzene rings is 1. The first-order valence-electron chi connectivity index (χ1n) is 8.16. The van der Waals surface area contributed by atoms with Crippen LogP contribution >= 0.6 is 0 Å². The molecule has 5 nitrogen and oxygen atoms in total. The van der Waals surface area contributed by atoms with E-state index >= 15 is 0 Å². The van der Waals surface area contributed by atoms with Crippen molar-refractivity contribution in [3.63, 3.8) is 0 Å². The third-order valence-electron chi connectivity index (χ3n) is 5.10. The van der Waals surface area contributed by atoms with E-state index < -0.39 is 5.54 Å². The van der Waals surface area contributed by atoms with Crippen LogP contribution < -0.4 is 5.73 Å². The minimum atomic E-state index is -0.948. The lowest BCUT2D eigenvalue weighted by atomic mass is 9.87. The van der Waals surface area contributed by atoms with E-state index in [4.69, 9.17) is 5.73 Å². The van der Waals surface area contributed by atoms with E-state index in [-0.39, 0.29) is 11.9 Å². The number of rotatable bonds is 2. The Morgan fingerprint density at radius 1 is 1.38 bits per heavy atom. The van der Waals surface area contributed by atoms with Gasteiger partial charge in [0, 0.05) is 19.7 Å². The molecule has 0 radical (unpaired) electrons. The maximum Gasteiger partial charge on any atom is 0.261 e. The standard InChI is InChI=1S/C19H20N4O/c1-19(17(24)23(2)18(20)22-19)15-5-3-4-12(11-15)13-6-7-16-14(10-13)8-9-21-16/h3-6,9-11,16H,7-8H2,1-2H3,(H2,20,22). The monoisotopic (exact) mass is 320 g/mol. The summed E-state index contributed by atoms with van der Waals surface area (Å²) >= 11 is 0. The van der Waals surface area contributed by atoms with Crippen LogP contribution in [0.15, 0.2) is 52.0 Å². The molecule has 2 atom stereocenters. The van der Waals surface area contributed by atoms with Crippen molar-refractivity contribution in [3.8, 4) is 0 Å². The molecule has 1 aliphatic carbocycles. The summed E-state index contributed by atoms with van der Waals surface area (Å²) in [5, 5.41) is 0. The van der Waals surface area contributed by atoms with Crippen molar-refractivity contribution in [2.24, 2.45) is 15.7 Å². The number of hydrogen-bond acceptors (Lipinski definition) is 4. The largest absolute Gasteiger partial charge is 0.369 e. The molecule has 0 saturated heterocycles. The minimum absolute atomic E-state index is 0.0996. The first-order valence-corrected chi connectivity index (χ1v) is 8.16. The highest BCUT2D eigenvalue weighted by Gasteiger charge is 2.43. The molecule has 5 heteroatoms. The van der Waals surface area contributed by atoms with E-state index in [1.165, 1.54) is 16.0 Å². The van der Waals surface area contributed by atoms with Gasteiger partial charge in [0.1, 0.15) is 0 Å². The van der Waals surface area contributed by atoms with Crippen LogP contribution in [0.1, 0.15) is 30.9 Å². The molecule has 1 aromatic carbocycles. The number of carbonyl (C=O) groups is 1. The van der Waals surface area contributed by atoms with Crippen molar-refractivity contribution < 1.29 is 4.79 Å². The Balaban J connectivity index is 1.71. The smallest absolute Gasteiger partial charge is 0.261 e. The van der Waals surface area contributed by atoms with Gasteiger partial charge in [0.2, 0.25) is 0 Å². The van der Waals surface area contributed by atoms with E-state index in [1.54, 1.807) is 7.05 Å². The number of amides is 1. The molecule has 0 saturated carbocycles.